The average molecular weight is 489 g/mol. The van der Waals surface area contributed by atoms with Crippen LogP contribution in [0.15, 0.2) is 54.3 Å². The van der Waals surface area contributed by atoms with Gasteiger partial charge in [-0.2, -0.15) is 0 Å². The molecule has 8 heteroatoms. The number of hydrogen-bond acceptors (Lipinski definition) is 6. The van der Waals surface area contributed by atoms with E-state index in [2.05, 4.69) is 17.1 Å². The van der Waals surface area contributed by atoms with Gasteiger partial charge in [-0.05, 0) is 67.8 Å². The minimum atomic E-state index is -0.822. The molecule has 1 unspecified atom stereocenters. The highest BCUT2D eigenvalue weighted by Crippen LogP contribution is 2.31. The van der Waals surface area contributed by atoms with Crippen molar-refractivity contribution in [3.8, 4) is 11.5 Å². The van der Waals surface area contributed by atoms with Crippen LogP contribution in [-0.4, -0.2) is 61.0 Å². The third-order valence-corrected chi connectivity index (χ3v) is 6.26. The van der Waals surface area contributed by atoms with E-state index < -0.39 is 12.5 Å². The molecule has 2 aromatic carbocycles. The lowest BCUT2D eigenvalue weighted by molar-refractivity contribution is -0.116. The molecule has 184 valence electrons. The molecule has 1 aliphatic rings. The molecule has 1 atom stereocenters. The molecule has 0 saturated carbocycles. The van der Waals surface area contributed by atoms with Gasteiger partial charge in [-0.1, -0.05) is 30.7 Å². The van der Waals surface area contributed by atoms with Gasteiger partial charge < -0.3 is 25.0 Å². The number of nitrogens with one attached hydrogen (secondary N) is 1. The zero-order valence-electron chi connectivity index (χ0n) is 19.7. The van der Waals surface area contributed by atoms with E-state index in [1.54, 1.807) is 49.6 Å². The molecule has 1 aliphatic heterocycles. The second kappa shape index (κ2) is 12.6. The number of nitrogens with zero attached hydrogens (tertiary/aromatic N) is 1. The number of methoxy groups -OCH3 is 1. The molecule has 34 heavy (non-hydrogen) atoms. The summed E-state index contributed by atoms with van der Waals surface area (Å²) in [4.78, 5) is 15.5. The lowest BCUT2D eigenvalue weighted by Crippen LogP contribution is -2.35. The topological polar surface area (TPSA) is 91.3 Å². The Morgan fingerprint density at radius 1 is 1.21 bits per heavy atom. The van der Waals surface area contributed by atoms with Crippen LogP contribution in [0.25, 0.3) is 0 Å². The maximum atomic E-state index is 13.1. The Morgan fingerprint density at radius 2 is 1.91 bits per heavy atom. The van der Waals surface area contributed by atoms with Gasteiger partial charge in [-0.25, -0.2) is 0 Å². The van der Waals surface area contributed by atoms with E-state index in [1.807, 2.05) is 0 Å². The summed E-state index contributed by atoms with van der Waals surface area (Å²) in [7, 11) is 1.57. The third kappa shape index (κ3) is 7.38. The average Bonchev–Trinajstić information content (AvgIpc) is 2.84. The zero-order valence-corrected chi connectivity index (χ0v) is 20.4. The third-order valence-electron chi connectivity index (χ3n) is 6.01. The number of hydrogen-bond donors (Lipinski definition) is 3. The Morgan fingerprint density at radius 3 is 2.56 bits per heavy atom. The number of anilines is 1. The van der Waals surface area contributed by atoms with Crippen molar-refractivity contribution in [3.63, 3.8) is 0 Å². The van der Waals surface area contributed by atoms with Crippen molar-refractivity contribution < 1.29 is 24.5 Å². The van der Waals surface area contributed by atoms with Crippen LogP contribution < -0.4 is 14.8 Å². The fraction of sp³-hybridized carbons (Fsp3) is 0.423. The Hall–Kier alpha value is -2.74. The van der Waals surface area contributed by atoms with Crippen LogP contribution in [0.2, 0.25) is 5.02 Å². The van der Waals surface area contributed by atoms with E-state index in [0.29, 0.717) is 34.4 Å². The van der Waals surface area contributed by atoms with Crippen LogP contribution in [0.5, 0.6) is 11.5 Å². The number of piperidine rings is 1. The quantitative estimate of drug-likeness (QED) is 0.423. The lowest BCUT2D eigenvalue weighted by Gasteiger charge is -2.30. The molecule has 2 aromatic rings. The van der Waals surface area contributed by atoms with E-state index in [4.69, 9.17) is 21.1 Å². The largest absolute Gasteiger partial charge is 0.510 e. The number of rotatable bonds is 10. The number of likely N-dealkylation sites (tertiary alicyclic amines) is 1. The second-order valence-corrected chi connectivity index (χ2v) is 9.01. The number of carbonyl (C=O) groups is 1. The van der Waals surface area contributed by atoms with E-state index >= 15 is 0 Å². The van der Waals surface area contributed by atoms with Crippen molar-refractivity contribution in [3.05, 3.63) is 64.9 Å². The van der Waals surface area contributed by atoms with Gasteiger partial charge in [0.25, 0.3) is 0 Å². The summed E-state index contributed by atoms with van der Waals surface area (Å²) in [6.45, 7) is 5.24. The van der Waals surface area contributed by atoms with E-state index in [-0.39, 0.29) is 11.7 Å². The van der Waals surface area contributed by atoms with E-state index in [1.165, 1.54) is 18.9 Å². The molecule has 0 radical (unpaired) electrons. The van der Waals surface area contributed by atoms with Gasteiger partial charge >= 0.3 is 0 Å². The summed E-state index contributed by atoms with van der Waals surface area (Å²) >= 11 is 5.97. The van der Waals surface area contributed by atoms with Gasteiger partial charge in [0.1, 0.15) is 12.4 Å². The zero-order chi connectivity index (χ0) is 24.5. The first-order valence-corrected chi connectivity index (χ1v) is 11.9. The van der Waals surface area contributed by atoms with Crippen LogP contribution in [0, 0.1) is 5.92 Å². The van der Waals surface area contributed by atoms with Gasteiger partial charge in [0.05, 0.1) is 19.6 Å². The molecule has 3 rings (SSSR count). The van der Waals surface area contributed by atoms with Gasteiger partial charge in [0, 0.05) is 23.3 Å². The standard InChI is InChI=1S/C26H33ClN2O5/c1-18-9-11-29(12-10-18)13-14-34-25-15-21(7-8-24(25)33-2)28-26(32)23(16-22(31)17-30)19-3-5-20(27)6-4-19/h3-8,15-16,18,23,30-31H,9-14,17H2,1-2H3,(H,28,32)/b22-16-. The van der Waals surface area contributed by atoms with Crippen LogP contribution in [0.1, 0.15) is 31.2 Å². The molecule has 1 heterocycles. The van der Waals surface area contributed by atoms with Crippen LogP contribution in [-0.2, 0) is 4.79 Å². The van der Waals surface area contributed by atoms with Crippen LogP contribution >= 0.6 is 11.6 Å². The van der Waals surface area contributed by atoms with E-state index in [0.717, 1.165) is 25.6 Å². The maximum absolute atomic E-state index is 13.1. The molecule has 1 amide bonds. The van der Waals surface area contributed by atoms with Crippen molar-refractivity contribution in [2.24, 2.45) is 5.92 Å². The highest BCUT2D eigenvalue weighted by Gasteiger charge is 2.21. The predicted molar refractivity (Wildman–Crippen MR) is 134 cm³/mol. The lowest BCUT2D eigenvalue weighted by atomic mass is 9.97. The van der Waals surface area contributed by atoms with Crippen molar-refractivity contribution in [1.29, 1.82) is 0 Å². The summed E-state index contributed by atoms with van der Waals surface area (Å²) in [6, 6.07) is 11.9. The summed E-state index contributed by atoms with van der Waals surface area (Å²) in [5.74, 6) is 0.419. The second-order valence-electron chi connectivity index (χ2n) is 8.57. The minimum absolute atomic E-state index is 0.291. The van der Waals surface area contributed by atoms with Crippen LogP contribution in [0.3, 0.4) is 0 Å². The number of benzene rings is 2. The monoisotopic (exact) mass is 488 g/mol. The first-order chi connectivity index (χ1) is 16.4. The Kier molecular flexibility index (Phi) is 9.62. The summed E-state index contributed by atoms with van der Waals surface area (Å²) < 4.78 is 11.4. The smallest absolute Gasteiger partial charge is 0.235 e. The molecular weight excluding hydrogens is 456 g/mol. The molecular formula is C26H33ClN2O5. The number of amides is 1. The molecule has 1 saturated heterocycles. The SMILES string of the molecule is COc1ccc(NC(=O)C(/C=C(\O)CO)c2ccc(Cl)cc2)cc1OCCN1CCC(C)CC1. The summed E-state index contributed by atoms with van der Waals surface area (Å²) in [6.07, 6.45) is 3.73. The van der Waals surface area contributed by atoms with Gasteiger partial charge in [0.2, 0.25) is 5.91 Å². The highest BCUT2D eigenvalue weighted by atomic mass is 35.5. The van der Waals surface area contributed by atoms with Crippen molar-refractivity contribution in [2.75, 3.05) is 45.3 Å². The molecule has 0 bridgehead atoms. The molecule has 3 N–H and O–H groups in total. The van der Waals surface area contributed by atoms with Crippen molar-refractivity contribution >= 4 is 23.2 Å². The van der Waals surface area contributed by atoms with Crippen LogP contribution in [0.4, 0.5) is 5.69 Å². The highest BCUT2D eigenvalue weighted by molar-refractivity contribution is 6.30. The normalized spacial score (nSPS) is 16.2. The summed E-state index contributed by atoms with van der Waals surface area (Å²) in [5.41, 5.74) is 1.16. The number of halogens is 1. The number of carbonyl (C=O) groups excluding carboxylic acids is 1. The first-order valence-electron chi connectivity index (χ1n) is 11.5. The minimum Gasteiger partial charge on any atom is -0.510 e. The maximum Gasteiger partial charge on any atom is 0.235 e. The molecule has 0 aromatic heterocycles. The Labute approximate surface area is 205 Å². The van der Waals surface area contributed by atoms with Gasteiger partial charge in [-0.15, -0.1) is 0 Å². The predicted octanol–water partition coefficient (Wildman–Crippen LogP) is 4.62. The molecule has 7 nitrogen and oxygen atoms in total. The Balaban J connectivity index is 1.70. The Bertz CT molecular complexity index is 972. The number of aliphatic hydroxyl groups excluding tert-OH is 2. The fourth-order valence-corrected chi connectivity index (χ4v) is 4.02. The van der Waals surface area contributed by atoms with Crippen molar-refractivity contribution in [1.82, 2.24) is 4.90 Å². The molecule has 0 spiro atoms. The summed E-state index contributed by atoms with van der Waals surface area (Å²) in [5, 5.41) is 22.5. The first kappa shape index (κ1) is 25.9. The number of aliphatic hydroxyl groups is 2. The van der Waals surface area contributed by atoms with Gasteiger partial charge in [-0.3, -0.25) is 9.69 Å². The molecule has 0 aliphatic carbocycles. The number of ether oxygens (including phenoxy) is 2. The van der Waals surface area contributed by atoms with Gasteiger partial charge in [0.15, 0.2) is 11.5 Å². The van der Waals surface area contributed by atoms with E-state index in [9.17, 15) is 15.0 Å². The fourth-order valence-electron chi connectivity index (χ4n) is 3.90. The van der Waals surface area contributed by atoms with Crippen molar-refractivity contribution in [2.45, 2.75) is 25.7 Å². The molecule has 1 fully saturated rings.